The van der Waals surface area contributed by atoms with Crippen LogP contribution in [0.15, 0.2) is 24.3 Å². The molecule has 1 atom stereocenters. The molecule has 2 aliphatic rings. The Hall–Kier alpha value is -2.36. The zero-order valence-electron chi connectivity index (χ0n) is 18.9. The number of aromatic nitrogens is 3. The Bertz CT molecular complexity index is 1400. The lowest BCUT2D eigenvalue weighted by atomic mass is 9.98. The average Bonchev–Trinajstić information content (AvgIpc) is 3.53. The van der Waals surface area contributed by atoms with Crippen LogP contribution < -0.4 is 4.72 Å². The second-order valence-electron chi connectivity index (χ2n) is 9.13. The van der Waals surface area contributed by atoms with E-state index in [1.807, 2.05) is 17.5 Å². The number of nitrogens with zero attached hydrogens (tertiary/aromatic N) is 4. The molecule has 5 rings (SSSR count). The molecule has 3 aromatic rings. The third-order valence-corrected chi connectivity index (χ3v) is 7.41. The summed E-state index contributed by atoms with van der Waals surface area (Å²) < 4.78 is 28.1. The van der Waals surface area contributed by atoms with E-state index in [2.05, 4.69) is 10.8 Å². The molecule has 2 fully saturated rings. The summed E-state index contributed by atoms with van der Waals surface area (Å²) in [7, 11) is -3.67. The van der Waals surface area contributed by atoms with Crippen molar-refractivity contribution in [3.63, 3.8) is 0 Å². The van der Waals surface area contributed by atoms with Crippen molar-refractivity contribution < 1.29 is 13.2 Å². The van der Waals surface area contributed by atoms with Gasteiger partial charge in [0.25, 0.3) is 5.91 Å². The van der Waals surface area contributed by atoms with Crippen molar-refractivity contribution in [2.45, 2.75) is 51.0 Å². The minimum atomic E-state index is -3.67. The van der Waals surface area contributed by atoms with E-state index in [1.165, 1.54) is 25.0 Å². The summed E-state index contributed by atoms with van der Waals surface area (Å²) in [5.74, 6) is 0.184. The van der Waals surface area contributed by atoms with E-state index in [4.69, 9.17) is 33.3 Å². The Morgan fingerprint density at radius 2 is 1.85 bits per heavy atom. The number of sulfonamides is 1. The van der Waals surface area contributed by atoms with Crippen LogP contribution in [-0.2, 0) is 10.0 Å². The molecule has 1 amide bonds. The SMILES string of the molecule is Cc1cc(C2CC2)nc2cc(C3CCCCN3C(=O)c3cc(Cl)cc(Cl)c3NS(C)(=O)=O)nn12. The van der Waals surface area contributed by atoms with Crippen LogP contribution in [0, 0.1) is 6.92 Å². The quantitative estimate of drug-likeness (QED) is 0.511. The monoisotopic (exact) mass is 521 g/mol. The summed E-state index contributed by atoms with van der Waals surface area (Å²) in [6.07, 6.45) is 5.88. The first-order valence-corrected chi connectivity index (χ1v) is 13.9. The van der Waals surface area contributed by atoms with Crippen molar-refractivity contribution in [2.75, 3.05) is 17.5 Å². The largest absolute Gasteiger partial charge is 0.330 e. The number of nitrogens with one attached hydrogen (secondary N) is 1. The Morgan fingerprint density at radius 3 is 2.56 bits per heavy atom. The van der Waals surface area contributed by atoms with Gasteiger partial charge in [-0.3, -0.25) is 9.52 Å². The standard InChI is InChI=1S/C23H25Cl2N5O3S/c1-13-9-18(14-6-7-14)26-21-12-19(27-30(13)21)20-5-3-4-8-29(20)23(31)16-10-15(24)11-17(25)22(16)28-34(2,32)33/h9-12,14,20,28H,3-8H2,1-2H3. The van der Waals surface area contributed by atoms with E-state index in [0.717, 1.165) is 48.2 Å². The molecule has 34 heavy (non-hydrogen) atoms. The maximum absolute atomic E-state index is 13.8. The van der Waals surface area contributed by atoms with Crippen LogP contribution >= 0.6 is 23.2 Å². The maximum atomic E-state index is 13.8. The van der Waals surface area contributed by atoms with E-state index in [1.54, 1.807) is 4.90 Å². The van der Waals surface area contributed by atoms with Crippen LogP contribution in [0.2, 0.25) is 10.0 Å². The molecule has 1 N–H and O–H groups in total. The number of halogens is 2. The van der Waals surface area contributed by atoms with E-state index >= 15 is 0 Å². The number of anilines is 1. The topological polar surface area (TPSA) is 96.7 Å². The summed E-state index contributed by atoms with van der Waals surface area (Å²) >= 11 is 12.5. The summed E-state index contributed by atoms with van der Waals surface area (Å²) in [6, 6.07) is 6.63. The second-order valence-corrected chi connectivity index (χ2v) is 11.7. The fourth-order valence-electron chi connectivity index (χ4n) is 4.59. The fraction of sp³-hybridized carbons (Fsp3) is 0.435. The van der Waals surface area contributed by atoms with E-state index < -0.39 is 10.0 Å². The Labute approximate surface area is 208 Å². The Morgan fingerprint density at radius 1 is 1.09 bits per heavy atom. The molecule has 1 aliphatic heterocycles. The minimum Gasteiger partial charge on any atom is -0.330 e. The van der Waals surface area contributed by atoms with Gasteiger partial charge in [-0.1, -0.05) is 23.2 Å². The summed E-state index contributed by atoms with van der Waals surface area (Å²) in [5.41, 5.74) is 3.79. The van der Waals surface area contributed by atoms with Crippen LogP contribution in [-0.4, -0.2) is 46.6 Å². The van der Waals surface area contributed by atoms with Gasteiger partial charge in [-0.15, -0.1) is 0 Å². The lowest BCUT2D eigenvalue weighted by Crippen LogP contribution is -2.39. The number of amides is 1. The molecule has 0 radical (unpaired) electrons. The van der Waals surface area contributed by atoms with Crippen LogP contribution in [0.3, 0.4) is 0 Å². The van der Waals surface area contributed by atoms with Gasteiger partial charge in [0, 0.05) is 34.9 Å². The third-order valence-electron chi connectivity index (χ3n) is 6.32. The number of aryl methyl sites for hydroxylation is 1. The molecule has 1 aromatic carbocycles. The molecule has 11 heteroatoms. The molecule has 3 heterocycles. The number of piperidine rings is 1. The summed E-state index contributed by atoms with van der Waals surface area (Å²) in [5, 5.41) is 5.11. The van der Waals surface area contributed by atoms with Gasteiger partial charge >= 0.3 is 0 Å². The lowest BCUT2D eigenvalue weighted by Gasteiger charge is -2.35. The lowest BCUT2D eigenvalue weighted by molar-refractivity contribution is 0.0607. The molecule has 1 aliphatic carbocycles. The number of hydrogen-bond acceptors (Lipinski definition) is 5. The molecule has 8 nitrogen and oxygen atoms in total. The van der Waals surface area contributed by atoms with Crippen molar-refractivity contribution in [2.24, 2.45) is 0 Å². The number of rotatable bonds is 5. The molecule has 180 valence electrons. The van der Waals surface area contributed by atoms with Crippen LogP contribution in [0.1, 0.15) is 71.5 Å². The van der Waals surface area contributed by atoms with Crippen molar-refractivity contribution >= 4 is 50.5 Å². The van der Waals surface area contributed by atoms with Crippen molar-refractivity contribution in [1.82, 2.24) is 19.5 Å². The smallest absolute Gasteiger partial charge is 0.256 e. The number of hydrogen-bond donors (Lipinski definition) is 1. The van der Waals surface area contributed by atoms with Gasteiger partial charge in [-0.05, 0) is 57.2 Å². The van der Waals surface area contributed by atoms with E-state index in [9.17, 15) is 13.2 Å². The van der Waals surface area contributed by atoms with Gasteiger partial charge in [0.15, 0.2) is 5.65 Å². The summed E-state index contributed by atoms with van der Waals surface area (Å²) in [4.78, 5) is 20.3. The van der Waals surface area contributed by atoms with Crippen LogP contribution in [0.4, 0.5) is 5.69 Å². The highest BCUT2D eigenvalue weighted by Gasteiger charge is 2.33. The van der Waals surface area contributed by atoms with Gasteiger partial charge in [0.2, 0.25) is 10.0 Å². The van der Waals surface area contributed by atoms with Gasteiger partial charge < -0.3 is 4.90 Å². The summed E-state index contributed by atoms with van der Waals surface area (Å²) in [6.45, 7) is 2.53. The average molecular weight is 522 g/mol. The molecule has 1 saturated carbocycles. The molecular formula is C23H25Cl2N5O3S. The number of fused-ring (bicyclic) bond motifs is 1. The predicted octanol–water partition coefficient (Wildman–Crippen LogP) is 4.96. The zero-order chi connectivity index (χ0) is 24.2. The van der Waals surface area contributed by atoms with E-state index in [0.29, 0.717) is 12.5 Å². The zero-order valence-corrected chi connectivity index (χ0v) is 21.2. The number of benzene rings is 1. The number of likely N-dealkylation sites (tertiary alicyclic amines) is 1. The highest BCUT2D eigenvalue weighted by atomic mass is 35.5. The molecule has 0 bridgehead atoms. The highest BCUT2D eigenvalue weighted by Crippen LogP contribution is 2.40. The third kappa shape index (κ3) is 4.61. The highest BCUT2D eigenvalue weighted by molar-refractivity contribution is 7.92. The van der Waals surface area contributed by atoms with Crippen molar-refractivity contribution in [3.8, 4) is 0 Å². The molecule has 0 spiro atoms. The van der Waals surface area contributed by atoms with Gasteiger partial charge in [0.1, 0.15) is 0 Å². The minimum absolute atomic E-state index is 0.0319. The van der Waals surface area contributed by atoms with Crippen molar-refractivity contribution in [3.05, 3.63) is 57.0 Å². The fourth-order valence-corrected chi connectivity index (χ4v) is 5.77. The van der Waals surface area contributed by atoms with Gasteiger partial charge in [0.05, 0.1) is 34.3 Å². The first-order valence-electron chi connectivity index (χ1n) is 11.3. The number of carbonyl (C=O) groups excluding carboxylic acids is 1. The van der Waals surface area contributed by atoms with E-state index in [-0.39, 0.29) is 33.2 Å². The van der Waals surface area contributed by atoms with Crippen LogP contribution in [0.5, 0.6) is 0 Å². The normalized spacial score (nSPS) is 18.9. The first kappa shape index (κ1) is 23.4. The first-order chi connectivity index (χ1) is 16.1. The Kier molecular flexibility index (Phi) is 5.98. The molecule has 1 unspecified atom stereocenters. The maximum Gasteiger partial charge on any atom is 0.256 e. The predicted molar refractivity (Wildman–Crippen MR) is 132 cm³/mol. The second kappa shape index (κ2) is 8.70. The number of carbonyl (C=O) groups is 1. The molecule has 2 aromatic heterocycles. The Balaban J connectivity index is 1.54. The van der Waals surface area contributed by atoms with Gasteiger partial charge in [-0.2, -0.15) is 5.10 Å². The molecule has 1 saturated heterocycles. The van der Waals surface area contributed by atoms with Gasteiger partial charge in [-0.25, -0.2) is 17.9 Å². The van der Waals surface area contributed by atoms with Crippen molar-refractivity contribution in [1.29, 1.82) is 0 Å². The van der Waals surface area contributed by atoms with Crippen LogP contribution in [0.25, 0.3) is 5.65 Å². The molecular weight excluding hydrogens is 497 g/mol.